The highest BCUT2D eigenvalue weighted by atomic mass is 32.1. The summed E-state index contributed by atoms with van der Waals surface area (Å²) in [6.45, 7) is 4.35. The Labute approximate surface area is 83.0 Å². The smallest absolute Gasteiger partial charge is 0.0586 e. The Morgan fingerprint density at radius 2 is 2.38 bits per heavy atom. The molecule has 0 radical (unpaired) electrons. The molecule has 1 aromatic heterocycles. The SMILES string of the molecule is Cc1nscc1C1=CC=CCC1C. The molecule has 1 aliphatic rings. The molecule has 0 N–H and O–H groups in total. The first-order chi connectivity index (χ1) is 6.29. The first-order valence-corrected chi connectivity index (χ1v) is 5.40. The second-order valence-corrected chi connectivity index (χ2v) is 4.13. The van der Waals surface area contributed by atoms with Gasteiger partial charge in [-0.1, -0.05) is 25.2 Å². The number of nitrogens with zero attached hydrogens (tertiary/aromatic N) is 1. The van der Waals surface area contributed by atoms with Crippen LogP contribution in [0.2, 0.25) is 0 Å². The Kier molecular flexibility index (Phi) is 2.32. The Morgan fingerprint density at radius 3 is 3.00 bits per heavy atom. The van der Waals surface area contributed by atoms with Gasteiger partial charge in [-0.15, -0.1) is 0 Å². The molecule has 0 aliphatic heterocycles. The summed E-state index contributed by atoms with van der Waals surface area (Å²) in [4.78, 5) is 0. The van der Waals surface area contributed by atoms with Crippen LogP contribution in [0.5, 0.6) is 0 Å². The van der Waals surface area contributed by atoms with Crippen LogP contribution in [0.1, 0.15) is 24.6 Å². The van der Waals surface area contributed by atoms with E-state index in [0.717, 1.165) is 6.42 Å². The van der Waals surface area contributed by atoms with Crippen molar-refractivity contribution in [2.24, 2.45) is 5.92 Å². The van der Waals surface area contributed by atoms with Gasteiger partial charge >= 0.3 is 0 Å². The summed E-state index contributed by atoms with van der Waals surface area (Å²) < 4.78 is 4.30. The lowest BCUT2D eigenvalue weighted by Crippen LogP contribution is -2.00. The van der Waals surface area contributed by atoms with E-state index in [1.807, 2.05) is 0 Å². The van der Waals surface area contributed by atoms with Crippen molar-refractivity contribution in [2.75, 3.05) is 0 Å². The van der Waals surface area contributed by atoms with Crippen LogP contribution in [0.4, 0.5) is 0 Å². The highest BCUT2D eigenvalue weighted by molar-refractivity contribution is 7.03. The molecule has 2 rings (SSSR count). The molecule has 2 heteroatoms. The molecule has 13 heavy (non-hydrogen) atoms. The summed E-state index contributed by atoms with van der Waals surface area (Å²) in [7, 11) is 0. The lowest BCUT2D eigenvalue weighted by molar-refractivity contribution is 0.758. The maximum atomic E-state index is 4.30. The van der Waals surface area contributed by atoms with Crippen molar-refractivity contribution in [2.45, 2.75) is 20.3 Å². The fourth-order valence-electron chi connectivity index (χ4n) is 1.67. The van der Waals surface area contributed by atoms with E-state index in [1.165, 1.54) is 16.8 Å². The van der Waals surface area contributed by atoms with Crippen molar-refractivity contribution in [1.29, 1.82) is 0 Å². The van der Waals surface area contributed by atoms with Crippen LogP contribution in [-0.4, -0.2) is 4.37 Å². The highest BCUT2D eigenvalue weighted by Gasteiger charge is 2.14. The van der Waals surface area contributed by atoms with Crippen molar-refractivity contribution >= 4 is 17.1 Å². The minimum atomic E-state index is 0.639. The molecular weight excluding hydrogens is 178 g/mol. The van der Waals surface area contributed by atoms with E-state index in [4.69, 9.17) is 0 Å². The van der Waals surface area contributed by atoms with Crippen molar-refractivity contribution in [3.05, 3.63) is 34.9 Å². The van der Waals surface area contributed by atoms with Crippen molar-refractivity contribution in [1.82, 2.24) is 4.37 Å². The third-order valence-corrected chi connectivity index (χ3v) is 3.21. The molecule has 0 fully saturated rings. The third-order valence-electron chi connectivity index (χ3n) is 2.49. The molecule has 0 spiro atoms. The Balaban J connectivity index is 2.40. The van der Waals surface area contributed by atoms with Crippen LogP contribution in [0.15, 0.2) is 23.6 Å². The van der Waals surface area contributed by atoms with Crippen LogP contribution in [0.3, 0.4) is 0 Å². The largest absolute Gasteiger partial charge is 0.197 e. The van der Waals surface area contributed by atoms with E-state index < -0.39 is 0 Å². The first-order valence-electron chi connectivity index (χ1n) is 4.57. The van der Waals surface area contributed by atoms with Gasteiger partial charge in [0.15, 0.2) is 0 Å². The van der Waals surface area contributed by atoms with E-state index in [2.05, 4.69) is 41.8 Å². The number of hydrogen-bond donors (Lipinski definition) is 0. The summed E-state index contributed by atoms with van der Waals surface area (Å²) in [6, 6.07) is 0. The van der Waals surface area contributed by atoms with Gasteiger partial charge in [0.2, 0.25) is 0 Å². The molecule has 1 aliphatic carbocycles. The molecule has 0 bridgehead atoms. The van der Waals surface area contributed by atoms with Gasteiger partial charge < -0.3 is 0 Å². The molecule has 0 saturated heterocycles. The van der Waals surface area contributed by atoms with Crippen LogP contribution < -0.4 is 0 Å². The normalized spacial score (nSPS) is 21.7. The average Bonchev–Trinajstić information content (AvgIpc) is 2.52. The molecule has 68 valence electrons. The monoisotopic (exact) mass is 191 g/mol. The fraction of sp³-hybridized carbons (Fsp3) is 0.364. The van der Waals surface area contributed by atoms with E-state index in [1.54, 1.807) is 11.5 Å². The maximum absolute atomic E-state index is 4.30. The molecule has 1 unspecified atom stereocenters. The van der Waals surface area contributed by atoms with Crippen LogP contribution in [0.25, 0.3) is 5.57 Å². The summed E-state index contributed by atoms with van der Waals surface area (Å²) in [5.74, 6) is 0.639. The lowest BCUT2D eigenvalue weighted by atomic mass is 9.89. The summed E-state index contributed by atoms with van der Waals surface area (Å²) in [6.07, 6.45) is 7.74. The molecule has 0 amide bonds. The molecular formula is C11H13NS. The fourth-order valence-corrected chi connectivity index (χ4v) is 2.39. The van der Waals surface area contributed by atoms with Crippen LogP contribution in [-0.2, 0) is 0 Å². The van der Waals surface area contributed by atoms with Gasteiger partial charge in [-0.3, -0.25) is 0 Å². The minimum Gasteiger partial charge on any atom is -0.197 e. The van der Waals surface area contributed by atoms with Gasteiger partial charge in [-0.05, 0) is 36.4 Å². The summed E-state index contributed by atoms with van der Waals surface area (Å²) in [5, 5.41) is 2.15. The quantitative estimate of drug-likeness (QED) is 0.662. The molecule has 0 aromatic carbocycles. The zero-order valence-corrected chi connectivity index (χ0v) is 8.77. The third kappa shape index (κ3) is 1.59. The van der Waals surface area contributed by atoms with E-state index in [-0.39, 0.29) is 0 Å². The van der Waals surface area contributed by atoms with Gasteiger partial charge in [0.1, 0.15) is 0 Å². The van der Waals surface area contributed by atoms with Gasteiger partial charge in [0, 0.05) is 10.9 Å². The van der Waals surface area contributed by atoms with Crippen LogP contribution in [0, 0.1) is 12.8 Å². The number of aryl methyl sites for hydroxylation is 1. The van der Waals surface area contributed by atoms with Crippen LogP contribution >= 0.6 is 11.5 Å². The Bertz CT molecular complexity index is 360. The number of aromatic nitrogens is 1. The second kappa shape index (κ2) is 3.46. The molecule has 1 nitrogen and oxygen atoms in total. The lowest BCUT2D eigenvalue weighted by Gasteiger charge is -2.16. The maximum Gasteiger partial charge on any atom is 0.0586 e. The predicted molar refractivity (Wildman–Crippen MR) is 57.7 cm³/mol. The summed E-state index contributed by atoms with van der Waals surface area (Å²) >= 11 is 1.55. The molecule has 1 heterocycles. The van der Waals surface area contributed by atoms with E-state index >= 15 is 0 Å². The molecule has 1 aromatic rings. The highest BCUT2D eigenvalue weighted by Crippen LogP contribution is 2.31. The summed E-state index contributed by atoms with van der Waals surface area (Å²) in [5.41, 5.74) is 3.94. The second-order valence-electron chi connectivity index (χ2n) is 3.50. The average molecular weight is 191 g/mol. The van der Waals surface area contributed by atoms with Gasteiger partial charge in [0.25, 0.3) is 0 Å². The topological polar surface area (TPSA) is 12.9 Å². The van der Waals surface area contributed by atoms with Crippen molar-refractivity contribution in [3.8, 4) is 0 Å². The Morgan fingerprint density at radius 1 is 1.54 bits per heavy atom. The van der Waals surface area contributed by atoms with Crippen molar-refractivity contribution < 1.29 is 0 Å². The zero-order valence-electron chi connectivity index (χ0n) is 7.95. The number of rotatable bonds is 1. The predicted octanol–water partition coefficient (Wildman–Crippen LogP) is 3.43. The van der Waals surface area contributed by atoms with Gasteiger partial charge in [0.05, 0.1) is 5.69 Å². The Hall–Kier alpha value is -0.890. The minimum absolute atomic E-state index is 0.639. The van der Waals surface area contributed by atoms with E-state index in [0.29, 0.717) is 5.92 Å². The van der Waals surface area contributed by atoms with Crippen molar-refractivity contribution in [3.63, 3.8) is 0 Å². The standard InChI is InChI=1S/C11H13NS/c1-8-5-3-4-6-10(8)11-7-13-12-9(11)2/h3-4,6-8H,5H2,1-2H3. The van der Waals surface area contributed by atoms with Gasteiger partial charge in [-0.25, -0.2) is 0 Å². The number of hydrogen-bond acceptors (Lipinski definition) is 2. The van der Waals surface area contributed by atoms with Gasteiger partial charge in [-0.2, -0.15) is 4.37 Å². The van der Waals surface area contributed by atoms with E-state index in [9.17, 15) is 0 Å². The number of allylic oxidation sites excluding steroid dienone is 4. The molecule has 1 atom stereocenters. The zero-order chi connectivity index (χ0) is 9.26. The first kappa shape index (κ1) is 8.70. The molecule has 0 saturated carbocycles.